The van der Waals surface area contributed by atoms with E-state index in [0.717, 1.165) is 69.9 Å². The molecule has 0 bridgehead atoms. The van der Waals surface area contributed by atoms with Crippen molar-refractivity contribution >= 4 is 75.1 Å². The first-order chi connectivity index (χ1) is 28.6. The van der Waals surface area contributed by atoms with E-state index in [1.165, 1.54) is 27.9 Å². The van der Waals surface area contributed by atoms with E-state index in [9.17, 15) is 4.39 Å². The summed E-state index contributed by atoms with van der Waals surface area (Å²) in [7, 11) is 0. The maximum absolute atomic E-state index is 14.4. The lowest BCUT2D eigenvalue weighted by molar-refractivity contribution is 0.630. The fraction of sp³-hybridized carbons (Fsp3) is 0. The number of fused-ring (bicyclic) bond motifs is 9. The van der Waals surface area contributed by atoms with Crippen molar-refractivity contribution in [3.8, 4) is 45.5 Å². The molecule has 0 spiro atoms. The highest BCUT2D eigenvalue weighted by Crippen LogP contribution is 2.40. The van der Waals surface area contributed by atoms with Crippen molar-refractivity contribution in [2.24, 2.45) is 0 Å². The van der Waals surface area contributed by atoms with E-state index in [0.29, 0.717) is 17.6 Å². The lowest BCUT2D eigenvalue weighted by atomic mass is 10.0. The molecular formula is C51H30FN5S. The summed E-state index contributed by atoms with van der Waals surface area (Å²) in [6, 6.07) is 62.3. The SMILES string of the molecule is Fc1ccc2sc3ccc(-c4nc(-c5ccccc5)nc(-n5c6ccccc6c6cc(-c7ccc8c(c7)c7ccccc7n8-c7ccccc7)ccc65)n4)cc3c2c1. The normalized spacial score (nSPS) is 11.9. The van der Waals surface area contributed by atoms with Gasteiger partial charge < -0.3 is 4.57 Å². The van der Waals surface area contributed by atoms with Gasteiger partial charge in [0.25, 0.3) is 0 Å². The van der Waals surface area contributed by atoms with Crippen molar-refractivity contribution in [3.63, 3.8) is 0 Å². The van der Waals surface area contributed by atoms with Crippen LogP contribution in [0.3, 0.4) is 0 Å². The quantitative estimate of drug-likeness (QED) is 0.175. The number of benzene rings is 8. The highest BCUT2D eigenvalue weighted by atomic mass is 32.1. The molecule has 0 fully saturated rings. The summed E-state index contributed by atoms with van der Waals surface area (Å²) >= 11 is 1.65. The first-order valence-corrected chi connectivity index (χ1v) is 20.0. The van der Waals surface area contributed by atoms with Crippen molar-refractivity contribution < 1.29 is 4.39 Å². The van der Waals surface area contributed by atoms with E-state index in [4.69, 9.17) is 15.0 Å². The minimum atomic E-state index is -0.253. The van der Waals surface area contributed by atoms with Crippen molar-refractivity contribution in [1.82, 2.24) is 24.1 Å². The van der Waals surface area contributed by atoms with Crippen LogP contribution in [0.15, 0.2) is 182 Å². The van der Waals surface area contributed by atoms with Crippen LogP contribution in [-0.4, -0.2) is 24.1 Å². The van der Waals surface area contributed by atoms with E-state index in [1.807, 2.05) is 42.5 Å². The molecule has 4 heterocycles. The zero-order chi connectivity index (χ0) is 38.3. The fourth-order valence-electron chi connectivity index (χ4n) is 8.57. The second kappa shape index (κ2) is 12.8. The third-order valence-electron chi connectivity index (χ3n) is 11.2. The van der Waals surface area contributed by atoms with Gasteiger partial charge in [-0.25, -0.2) is 9.37 Å². The summed E-state index contributed by atoms with van der Waals surface area (Å²) in [4.78, 5) is 15.4. The highest BCUT2D eigenvalue weighted by molar-refractivity contribution is 7.25. The molecule has 58 heavy (non-hydrogen) atoms. The summed E-state index contributed by atoms with van der Waals surface area (Å²) in [5.41, 5.74) is 9.50. The van der Waals surface area contributed by atoms with Crippen LogP contribution in [0.4, 0.5) is 4.39 Å². The Bertz CT molecular complexity index is 3590. The number of para-hydroxylation sites is 3. The monoisotopic (exact) mass is 763 g/mol. The van der Waals surface area contributed by atoms with Crippen molar-refractivity contribution in [2.45, 2.75) is 0 Å². The van der Waals surface area contributed by atoms with Gasteiger partial charge in [0.1, 0.15) is 5.82 Å². The average Bonchev–Trinajstić information content (AvgIpc) is 3.93. The number of nitrogens with zero attached hydrogens (tertiary/aromatic N) is 5. The van der Waals surface area contributed by atoms with Gasteiger partial charge in [-0.1, -0.05) is 97.1 Å². The lowest BCUT2D eigenvalue weighted by Gasteiger charge is -2.11. The Hall–Kier alpha value is -7.48. The van der Waals surface area contributed by atoms with Crippen LogP contribution in [0.5, 0.6) is 0 Å². The summed E-state index contributed by atoms with van der Waals surface area (Å²) < 4.78 is 21.1. The van der Waals surface area contributed by atoms with Gasteiger partial charge in [0, 0.05) is 58.5 Å². The van der Waals surface area contributed by atoms with Crippen LogP contribution in [0.2, 0.25) is 0 Å². The molecule has 12 aromatic rings. The molecule has 8 aromatic carbocycles. The molecule has 272 valence electrons. The van der Waals surface area contributed by atoms with Crippen molar-refractivity contribution in [3.05, 3.63) is 188 Å². The number of rotatable bonds is 5. The predicted octanol–water partition coefficient (Wildman–Crippen LogP) is 13.6. The first kappa shape index (κ1) is 32.7. The van der Waals surface area contributed by atoms with Gasteiger partial charge >= 0.3 is 0 Å². The van der Waals surface area contributed by atoms with Gasteiger partial charge in [0.05, 0.1) is 22.1 Å². The second-order valence-electron chi connectivity index (χ2n) is 14.6. The average molecular weight is 764 g/mol. The van der Waals surface area contributed by atoms with Gasteiger partial charge in [-0.05, 0) is 96.1 Å². The molecule has 12 rings (SSSR count). The Kier molecular flexibility index (Phi) is 7.21. The van der Waals surface area contributed by atoms with Crippen LogP contribution in [0.1, 0.15) is 0 Å². The minimum absolute atomic E-state index is 0.253. The van der Waals surface area contributed by atoms with E-state index in [1.54, 1.807) is 17.4 Å². The summed E-state index contributed by atoms with van der Waals surface area (Å²) in [6.45, 7) is 0. The highest BCUT2D eigenvalue weighted by Gasteiger charge is 2.20. The molecule has 0 radical (unpaired) electrons. The number of aromatic nitrogens is 5. The van der Waals surface area contributed by atoms with E-state index in [-0.39, 0.29) is 5.82 Å². The topological polar surface area (TPSA) is 48.5 Å². The number of halogens is 1. The number of hydrogen-bond acceptors (Lipinski definition) is 4. The molecule has 0 amide bonds. The Labute approximate surface area is 335 Å². The molecule has 0 unspecified atom stereocenters. The standard InChI is InChI=1S/C51H30FN5S/c52-35-22-26-48-42(30-35)41-29-34(21-25-47(41)58-48)50-53-49(31-11-3-1-4-12-31)54-51(55-50)57-44-18-10-8-16-38(44)40-28-33(20-24-46(40)57)32-19-23-45-39(27-32)37-15-7-9-17-43(37)56(45)36-13-5-2-6-14-36/h1-30H. The van der Waals surface area contributed by atoms with E-state index in [2.05, 4.69) is 137 Å². The minimum Gasteiger partial charge on any atom is -0.309 e. The van der Waals surface area contributed by atoms with Gasteiger partial charge in [-0.15, -0.1) is 11.3 Å². The van der Waals surface area contributed by atoms with Crippen molar-refractivity contribution in [2.75, 3.05) is 0 Å². The zero-order valence-electron chi connectivity index (χ0n) is 30.8. The van der Waals surface area contributed by atoms with Crippen LogP contribution in [0.25, 0.3) is 109 Å². The van der Waals surface area contributed by atoms with Crippen LogP contribution < -0.4 is 0 Å². The Morgan fingerprint density at radius 3 is 1.55 bits per heavy atom. The maximum atomic E-state index is 14.4. The zero-order valence-corrected chi connectivity index (χ0v) is 31.7. The third kappa shape index (κ3) is 5.10. The fourth-order valence-corrected chi connectivity index (χ4v) is 9.64. The molecule has 0 aliphatic heterocycles. The summed E-state index contributed by atoms with van der Waals surface area (Å²) in [5, 5.41) is 6.52. The van der Waals surface area contributed by atoms with Crippen molar-refractivity contribution in [1.29, 1.82) is 0 Å². The van der Waals surface area contributed by atoms with Gasteiger partial charge in [0.2, 0.25) is 5.95 Å². The molecule has 0 atom stereocenters. The maximum Gasteiger partial charge on any atom is 0.238 e. The first-order valence-electron chi connectivity index (χ1n) is 19.2. The molecular weight excluding hydrogens is 734 g/mol. The lowest BCUT2D eigenvalue weighted by Crippen LogP contribution is -2.06. The van der Waals surface area contributed by atoms with Crippen LogP contribution >= 0.6 is 11.3 Å². The third-order valence-corrected chi connectivity index (χ3v) is 12.4. The van der Waals surface area contributed by atoms with E-state index < -0.39 is 0 Å². The molecule has 4 aromatic heterocycles. The molecule has 0 saturated carbocycles. The Morgan fingerprint density at radius 2 is 0.862 bits per heavy atom. The van der Waals surface area contributed by atoms with Gasteiger partial charge in [0.15, 0.2) is 11.6 Å². The smallest absolute Gasteiger partial charge is 0.238 e. The molecule has 0 aliphatic rings. The van der Waals surface area contributed by atoms with Gasteiger partial charge in [-0.2, -0.15) is 9.97 Å². The number of thiophene rings is 1. The van der Waals surface area contributed by atoms with Crippen LogP contribution in [-0.2, 0) is 0 Å². The molecule has 0 saturated heterocycles. The largest absolute Gasteiger partial charge is 0.309 e. The molecule has 5 nitrogen and oxygen atoms in total. The molecule has 7 heteroatoms. The van der Waals surface area contributed by atoms with Crippen LogP contribution in [0, 0.1) is 5.82 Å². The molecule has 0 aliphatic carbocycles. The summed E-state index contributed by atoms with van der Waals surface area (Å²) in [5.74, 6) is 1.40. The Balaban J connectivity index is 1.05. The second-order valence-corrected chi connectivity index (χ2v) is 15.7. The number of hydrogen-bond donors (Lipinski definition) is 0. The Morgan fingerprint density at radius 1 is 0.362 bits per heavy atom. The van der Waals surface area contributed by atoms with E-state index >= 15 is 0 Å². The predicted molar refractivity (Wildman–Crippen MR) is 238 cm³/mol. The molecule has 0 N–H and O–H groups in total. The van der Waals surface area contributed by atoms with Gasteiger partial charge in [-0.3, -0.25) is 4.57 Å². The summed E-state index contributed by atoms with van der Waals surface area (Å²) in [6.07, 6.45) is 0.